The van der Waals surface area contributed by atoms with E-state index in [1.165, 1.54) is 25.3 Å². The van der Waals surface area contributed by atoms with Crippen LogP contribution in [-0.2, 0) is 4.79 Å². The van der Waals surface area contributed by atoms with Crippen LogP contribution in [0.4, 0.5) is 4.39 Å². The van der Waals surface area contributed by atoms with E-state index < -0.39 is 11.2 Å². The van der Waals surface area contributed by atoms with Crippen molar-refractivity contribution in [3.63, 3.8) is 0 Å². The first-order valence-corrected chi connectivity index (χ1v) is 4.05. The van der Waals surface area contributed by atoms with Gasteiger partial charge in [-0.25, -0.2) is 4.39 Å². The number of carbonyl (C=O) groups is 1. The van der Waals surface area contributed by atoms with Crippen LogP contribution in [0.5, 0.6) is 5.75 Å². The summed E-state index contributed by atoms with van der Waals surface area (Å²) in [4.78, 5) is 10.4. The molecule has 0 radical (unpaired) electrons. The van der Waals surface area contributed by atoms with Gasteiger partial charge in [0.05, 0.1) is 7.11 Å². The number of rotatable bonds is 3. The fraction of sp³-hybridized carbons (Fsp3) is 0.222. The predicted octanol–water partition coefficient (Wildman–Crippen LogP) is 2.31. The Morgan fingerprint density at radius 2 is 2.31 bits per heavy atom. The monoisotopic (exact) mass is 202 g/mol. The molecule has 1 aromatic carbocycles. The fourth-order valence-corrected chi connectivity index (χ4v) is 1.16. The van der Waals surface area contributed by atoms with E-state index in [1.54, 1.807) is 0 Å². The first-order chi connectivity index (χ1) is 6.19. The van der Waals surface area contributed by atoms with Crippen LogP contribution in [0.2, 0.25) is 0 Å². The summed E-state index contributed by atoms with van der Waals surface area (Å²) in [5.74, 6) is -0.0307. The van der Waals surface area contributed by atoms with E-state index in [0.717, 1.165) is 0 Å². The van der Waals surface area contributed by atoms with Crippen LogP contribution in [0.25, 0.3) is 0 Å². The Labute approximate surface area is 80.3 Å². The van der Waals surface area contributed by atoms with Gasteiger partial charge in [-0.2, -0.15) is 0 Å². The highest BCUT2D eigenvalue weighted by Gasteiger charge is 2.12. The van der Waals surface area contributed by atoms with Gasteiger partial charge in [-0.05, 0) is 18.2 Å². The Morgan fingerprint density at radius 1 is 1.62 bits per heavy atom. The maximum atomic E-state index is 12.8. The smallest absolute Gasteiger partial charge is 0.142 e. The van der Waals surface area contributed by atoms with Crippen LogP contribution in [0.15, 0.2) is 18.2 Å². The van der Waals surface area contributed by atoms with Gasteiger partial charge < -0.3 is 9.53 Å². The third-order valence-corrected chi connectivity index (χ3v) is 1.95. The highest BCUT2D eigenvalue weighted by molar-refractivity contribution is 6.27. The molecule has 0 saturated carbocycles. The van der Waals surface area contributed by atoms with E-state index in [4.69, 9.17) is 16.3 Å². The zero-order chi connectivity index (χ0) is 9.84. The summed E-state index contributed by atoms with van der Waals surface area (Å²) in [6.45, 7) is 0. The van der Waals surface area contributed by atoms with E-state index in [0.29, 0.717) is 17.6 Å². The van der Waals surface area contributed by atoms with E-state index >= 15 is 0 Å². The molecule has 1 rings (SSSR count). The predicted molar refractivity (Wildman–Crippen MR) is 47.6 cm³/mol. The van der Waals surface area contributed by atoms with Crippen LogP contribution in [-0.4, -0.2) is 13.4 Å². The lowest BCUT2D eigenvalue weighted by Gasteiger charge is -2.08. The Kier molecular flexibility index (Phi) is 3.25. The summed E-state index contributed by atoms with van der Waals surface area (Å²) in [6, 6.07) is 3.87. The number of hydrogen-bond donors (Lipinski definition) is 0. The largest absolute Gasteiger partial charge is 0.496 e. The second-order valence-electron chi connectivity index (χ2n) is 2.42. The van der Waals surface area contributed by atoms with E-state index in [2.05, 4.69) is 0 Å². The molecule has 13 heavy (non-hydrogen) atoms. The normalized spacial score (nSPS) is 12.2. The lowest BCUT2D eigenvalue weighted by molar-refractivity contribution is -0.107. The second-order valence-corrected chi connectivity index (χ2v) is 2.89. The summed E-state index contributed by atoms with van der Waals surface area (Å²) in [7, 11) is 1.44. The van der Waals surface area contributed by atoms with Crippen LogP contribution in [0.1, 0.15) is 10.9 Å². The van der Waals surface area contributed by atoms with Crippen molar-refractivity contribution >= 4 is 17.9 Å². The maximum Gasteiger partial charge on any atom is 0.142 e. The molecule has 0 aromatic heterocycles. The molecule has 0 aliphatic heterocycles. The van der Waals surface area contributed by atoms with Crippen molar-refractivity contribution in [1.82, 2.24) is 0 Å². The lowest BCUT2D eigenvalue weighted by atomic mass is 10.1. The standard InChI is InChI=1S/C9H8ClFO2/c1-13-9-3-2-6(11)4-7(9)8(10)5-12/h2-5,8H,1H3/t8-/m1/s1. The van der Waals surface area contributed by atoms with Gasteiger partial charge >= 0.3 is 0 Å². The highest BCUT2D eigenvalue weighted by Crippen LogP contribution is 2.28. The molecule has 0 bridgehead atoms. The number of halogens is 2. The molecule has 0 N–H and O–H groups in total. The molecule has 0 unspecified atom stereocenters. The molecule has 70 valence electrons. The first kappa shape index (κ1) is 9.99. The average Bonchev–Trinajstić information content (AvgIpc) is 2.16. The van der Waals surface area contributed by atoms with Gasteiger partial charge in [0.25, 0.3) is 0 Å². The zero-order valence-corrected chi connectivity index (χ0v) is 7.72. The highest BCUT2D eigenvalue weighted by atomic mass is 35.5. The van der Waals surface area contributed by atoms with Gasteiger partial charge in [-0.3, -0.25) is 0 Å². The Hall–Kier alpha value is -1.09. The third kappa shape index (κ3) is 2.18. The lowest BCUT2D eigenvalue weighted by Crippen LogP contribution is -1.97. The van der Waals surface area contributed by atoms with E-state index in [9.17, 15) is 9.18 Å². The van der Waals surface area contributed by atoms with Crippen LogP contribution >= 0.6 is 11.6 Å². The van der Waals surface area contributed by atoms with Crippen molar-refractivity contribution in [2.75, 3.05) is 7.11 Å². The molecule has 1 atom stereocenters. The quantitative estimate of drug-likeness (QED) is 0.556. The molecular formula is C9H8ClFO2. The molecule has 0 saturated heterocycles. The van der Waals surface area contributed by atoms with E-state index in [1.807, 2.05) is 0 Å². The van der Waals surface area contributed by atoms with Crippen LogP contribution in [0, 0.1) is 5.82 Å². The SMILES string of the molecule is COc1ccc(F)cc1[C@H](Cl)C=O. The Balaban J connectivity index is 3.14. The maximum absolute atomic E-state index is 12.8. The molecule has 0 heterocycles. The molecule has 2 nitrogen and oxygen atoms in total. The molecule has 0 spiro atoms. The van der Waals surface area contributed by atoms with Gasteiger partial charge in [0.1, 0.15) is 23.2 Å². The Morgan fingerprint density at radius 3 is 2.85 bits per heavy atom. The van der Waals surface area contributed by atoms with Crippen LogP contribution < -0.4 is 4.74 Å². The third-order valence-electron chi connectivity index (χ3n) is 1.61. The molecule has 0 aliphatic carbocycles. The van der Waals surface area contributed by atoms with Crippen LogP contribution in [0.3, 0.4) is 0 Å². The van der Waals surface area contributed by atoms with E-state index in [-0.39, 0.29) is 0 Å². The second kappa shape index (κ2) is 4.23. The topological polar surface area (TPSA) is 26.3 Å². The average molecular weight is 203 g/mol. The number of carbonyl (C=O) groups excluding carboxylic acids is 1. The molecule has 0 aliphatic rings. The van der Waals surface area contributed by atoms with Gasteiger partial charge in [0.15, 0.2) is 0 Å². The zero-order valence-electron chi connectivity index (χ0n) is 6.96. The first-order valence-electron chi connectivity index (χ1n) is 3.62. The minimum atomic E-state index is -0.870. The summed E-state index contributed by atoms with van der Waals surface area (Å²) in [5.41, 5.74) is 0.346. The van der Waals surface area contributed by atoms with Crippen molar-refractivity contribution in [3.05, 3.63) is 29.6 Å². The Bertz CT molecular complexity index is 314. The van der Waals surface area contributed by atoms with Gasteiger partial charge in [-0.15, -0.1) is 11.6 Å². The van der Waals surface area contributed by atoms with Crippen molar-refractivity contribution in [1.29, 1.82) is 0 Å². The number of hydrogen-bond acceptors (Lipinski definition) is 2. The molecule has 0 amide bonds. The van der Waals surface area contributed by atoms with Crippen molar-refractivity contribution < 1.29 is 13.9 Å². The number of aldehydes is 1. The molecule has 1 aromatic rings. The van der Waals surface area contributed by atoms with Crippen molar-refractivity contribution in [3.8, 4) is 5.75 Å². The number of methoxy groups -OCH3 is 1. The molecular weight excluding hydrogens is 195 g/mol. The molecule has 0 fully saturated rings. The van der Waals surface area contributed by atoms with Crippen molar-refractivity contribution in [2.45, 2.75) is 5.38 Å². The summed E-state index contributed by atoms with van der Waals surface area (Å²) in [6.07, 6.45) is 0.527. The summed E-state index contributed by atoms with van der Waals surface area (Å²) >= 11 is 5.63. The van der Waals surface area contributed by atoms with Gasteiger partial charge in [-0.1, -0.05) is 0 Å². The molecule has 4 heteroatoms. The number of ether oxygens (including phenoxy) is 1. The number of alkyl halides is 1. The van der Waals surface area contributed by atoms with Gasteiger partial charge in [0, 0.05) is 5.56 Å². The minimum absolute atomic E-state index is 0.346. The van der Waals surface area contributed by atoms with Crippen molar-refractivity contribution in [2.24, 2.45) is 0 Å². The summed E-state index contributed by atoms with van der Waals surface area (Å²) in [5, 5.41) is -0.870. The summed E-state index contributed by atoms with van der Waals surface area (Å²) < 4.78 is 17.7. The minimum Gasteiger partial charge on any atom is -0.496 e. The fourth-order valence-electron chi connectivity index (χ4n) is 0.994. The number of benzene rings is 1. The van der Waals surface area contributed by atoms with Gasteiger partial charge in [0.2, 0.25) is 0 Å².